The zero-order valence-electron chi connectivity index (χ0n) is 10.5. The van der Waals surface area contributed by atoms with Gasteiger partial charge in [0.25, 0.3) is 0 Å². The van der Waals surface area contributed by atoms with Crippen molar-refractivity contribution < 1.29 is 8.42 Å². The van der Waals surface area contributed by atoms with E-state index in [4.69, 9.17) is 0 Å². The Morgan fingerprint density at radius 2 is 2.24 bits per heavy atom. The first kappa shape index (κ1) is 14.2. The molecule has 0 bridgehead atoms. The molecule has 0 aliphatic carbocycles. The molecule has 1 atom stereocenters. The van der Waals surface area contributed by atoms with Gasteiger partial charge in [0.15, 0.2) is 9.84 Å². The number of nitrogens with zero attached hydrogens (tertiary/aromatic N) is 2. The zero-order valence-corrected chi connectivity index (χ0v) is 11.3. The van der Waals surface area contributed by atoms with Gasteiger partial charge in [0, 0.05) is 30.7 Å². The van der Waals surface area contributed by atoms with Gasteiger partial charge in [0.1, 0.15) is 0 Å². The van der Waals surface area contributed by atoms with Crippen LogP contribution in [0.25, 0.3) is 0 Å². The molecule has 6 heteroatoms. The van der Waals surface area contributed by atoms with Crippen molar-refractivity contribution in [1.29, 1.82) is 0 Å². The molecule has 0 spiro atoms. The van der Waals surface area contributed by atoms with Crippen molar-refractivity contribution in [3.63, 3.8) is 0 Å². The summed E-state index contributed by atoms with van der Waals surface area (Å²) in [5, 5.41) is 7.31. The van der Waals surface area contributed by atoms with Crippen LogP contribution >= 0.6 is 0 Å². The summed E-state index contributed by atoms with van der Waals surface area (Å²) >= 11 is 0. The maximum absolute atomic E-state index is 11.4. The Labute approximate surface area is 103 Å². The van der Waals surface area contributed by atoms with E-state index in [1.165, 1.54) is 0 Å². The Morgan fingerprint density at radius 1 is 1.47 bits per heavy atom. The van der Waals surface area contributed by atoms with Gasteiger partial charge in [-0.05, 0) is 26.0 Å². The van der Waals surface area contributed by atoms with Gasteiger partial charge in [-0.15, -0.1) is 0 Å². The lowest BCUT2D eigenvalue weighted by molar-refractivity contribution is 0.509. The van der Waals surface area contributed by atoms with Gasteiger partial charge in [0.05, 0.1) is 5.75 Å². The summed E-state index contributed by atoms with van der Waals surface area (Å²) in [6.45, 7) is 5.24. The topological polar surface area (TPSA) is 64.0 Å². The van der Waals surface area contributed by atoms with Crippen molar-refractivity contribution in [3.8, 4) is 0 Å². The molecule has 0 radical (unpaired) electrons. The fourth-order valence-electron chi connectivity index (χ4n) is 1.58. The highest BCUT2D eigenvalue weighted by atomic mass is 32.2. The van der Waals surface area contributed by atoms with Crippen LogP contribution in [0.4, 0.5) is 0 Å². The molecular formula is C11H21N3O2S. The van der Waals surface area contributed by atoms with Crippen LogP contribution in [0.1, 0.15) is 20.3 Å². The van der Waals surface area contributed by atoms with Crippen molar-refractivity contribution in [2.24, 2.45) is 0 Å². The number of aromatic nitrogens is 2. The molecule has 17 heavy (non-hydrogen) atoms. The third-order valence-electron chi connectivity index (χ3n) is 2.56. The Morgan fingerprint density at radius 3 is 2.82 bits per heavy atom. The molecule has 1 heterocycles. The van der Waals surface area contributed by atoms with E-state index < -0.39 is 9.84 Å². The van der Waals surface area contributed by atoms with Crippen LogP contribution in [0.2, 0.25) is 0 Å². The zero-order chi connectivity index (χ0) is 12.7. The maximum atomic E-state index is 11.4. The average Bonchev–Trinajstić information content (AvgIpc) is 2.77. The molecule has 0 aromatic carbocycles. The number of hydrogen-bond donors (Lipinski definition) is 1. The first-order chi connectivity index (χ1) is 8.03. The van der Waals surface area contributed by atoms with E-state index in [0.717, 1.165) is 19.5 Å². The molecule has 98 valence electrons. The smallest absolute Gasteiger partial charge is 0.151 e. The minimum atomic E-state index is -2.88. The SMILES string of the molecule is CCS(=O)(=O)CC(C)NCCCn1cccn1. The molecular weight excluding hydrogens is 238 g/mol. The highest BCUT2D eigenvalue weighted by Crippen LogP contribution is 1.95. The minimum absolute atomic E-state index is 0.0116. The predicted octanol–water partition coefficient (Wildman–Crippen LogP) is 0.686. The van der Waals surface area contributed by atoms with Crippen LogP contribution in [-0.4, -0.2) is 42.3 Å². The first-order valence-electron chi connectivity index (χ1n) is 5.94. The standard InChI is InChI=1S/C11H21N3O2S/c1-3-17(15,16)10-11(2)12-6-4-8-14-9-5-7-13-14/h5,7,9,11-12H,3-4,6,8,10H2,1-2H3. The van der Waals surface area contributed by atoms with Gasteiger partial charge in [0.2, 0.25) is 0 Å². The van der Waals surface area contributed by atoms with E-state index in [0.29, 0.717) is 0 Å². The van der Waals surface area contributed by atoms with Gasteiger partial charge >= 0.3 is 0 Å². The second-order valence-electron chi connectivity index (χ2n) is 4.18. The second kappa shape index (κ2) is 6.76. The Balaban J connectivity index is 2.14. The molecule has 5 nitrogen and oxygen atoms in total. The number of nitrogens with one attached hydrogen (secondary N) is 1. The van der Waals surface area contributed by atoms with Crippen LogP contribution in [-0.2, 0) is 16.4 Å². The van der Waals surface area contributed by atoms with Gasteiger partial charge in [-0.2, -0.15) is 5.10 Å². The Hall–Kier alpha value is -0.880. The van der Waals surface area contributed by atoms with Gasteiger partial charge < -0.3 is 5.32 Å². The van der Waals surface area contributed by atoms with E-state index in [1.807, 2.05) is 23.9 Å². The second-order valence-corrected chi connectivity index (χ2v) is 6.57. The first-order valence-corrected chi connectivity index (χ1v) is 7.77. The fourth-order valence-corrected chi connectivity index (χ4v) is 2.70. The van der Waals surface area contributed by atoms with E-state index in [1.54, 1.807) is 13.1 Å². The maximum Gasteiger partial charge on any atom is 0.151 e. The van der Waals surface area contributed by atoms with Crippen molar-refractivity contribution >= 4 is 9.84 Å². The predicted molar refractivity (Wildman–Crippen MR) is 68.6 cm³/mol. The summed E-state index contributed by atoms with van der Waals surface area (Å²) in [5.74, 6) is 0.428. The monoisotopic (exact) mass is 259 g/mol. The quantitative estimate of drug-likeness (QED) is 0.698. The van der Waals surface area contributed by atoms with Crippen molar-refractivity contribution in [3.05, 3.63) is 18.5 Å². The summed E-state index contributed by atoms with van der Waals surface area (Å²) in [7, 11) is -2.88. The highest BCUT2D eigenvalue weighted by Gasteiger charge is 2.12. The molecule has 0 saturated heterocycles. The molecule has 0 aliphatic heterocycles. The lowest BCUT2D eigenvalue weighted by Gasteiger charge is -2.13. The number of hydrogen-bond acceptors (Lipinski definition) is 4. The minimum Gasteiger partial charge on any atom is -0.313 e. The van der Waals surface area contributed by atoms with Gasteiger partial charge in [-0.3, -0.25) is 4.68 Å². The van der Waals surface area contributed by atoms with Crippen LogP contribution < -0.4 is 5.32 Å². The van der Waals surface area contributed by atoms with Crippen molar-refractivity contribution in [2.75, 3.05) is 18.1 Å². The lowest BCUT2D eigenvalue weighted by Crippen LogP contribution is -2.34. The lowest BCUT2D eigenvalue weighted by atomic mass is 10.3. The van der Waals surface area contributed by atoms with E-state index in [-0.39, 0.29) is 17.5 Å². The number of aryl methyl sites for hydroxylation is 1. The van der Waals surface area contributed by atoms with E-state index in [2.05, 4.69) is 10.4 Å². The van der Waals surface area contributed by atoms with Crippen LogP contribution in [0.3, 0.4) is 0 Å². The third kappa shape index (κ3) is 5.83. The van der Waals surface area contributed by atoms with Crippen LogP contribution in [0.15, 0.2) is 18.5 Å². The van der Waals surface area contributed by atoms with Crippen LogP contribution in [0.5, 0.6) is 0 Å². The highest BCUT2D eigenvalue weighted by molar-refractivity contribution is 7.91. The average molecular weight is 259 g/mol. The molecule has 0 fully saturated rings. The molecule has 1 aromatic rings. The van der Waals surface area contributed by atoms with Crippen molar-refractivity contribution in [2.45, 2.75) is 32.9 Å². The van der Waals surface area contributed by atoms with E-state index >= 15 is 0 Å². The summed E-state index contributed by atoms with van der Waals surface area (Å²) < 4.78 is 24.6. The third-order valence-corrected chi connectivity index (χ3v) is 4.45. The summed E-state index contributed by atoms with van der Waals surface area (Å²) in [4.78, 5) is 0. The molecule has 1 unspecified atom stereocenters. The van der Waals surface area contributed by atoms with Gasteiger partial charge in [-0.1, -0.05) is 6.92 Å². The summed E-state index contributed by atoms with van der Waals surface area (Å²) in [6.07, 6.45) is 4.62. The summed E-state index contributed by atoms with van der Waals surface area (Å²) in [6, 6.07) is 1.90. The molecule has 1 rings (SSSR count). The molecule has 0 amide bonds. The number of sulfone groups is 1. The molecule has 1 N–H and O–H groups in total. The normalized spacial score (nSPS) is 13.8. The molecule has 0 aliphatic rings. The largest absolute Gasteiger partial charge is 0.313 e. The van der Waals surface area contributed by atoms with Gasteiger partial charge in [-0.25, -0.2) is 8.42 Å². The molecule has 0 saturated carbocycles. The summed E-state index contributed by atoms with van der Waals surface area (Å²) in [5.41, 5.74) is 0. The fraction of sp³-hybridized carbons (Fsp3) is 0.727. The van der Waals surface area contributed by atoms with Crippen molar-refractivity contribution in [1.82, 2.24) is 15.1 Å². The Kier molecular flexibility index (Phi) is 5.64. The Bertz CT molecular complexity index is 400. The molecule has 1 aromatic heterocycles. The van der Waals surface area contributed by atoms with Crippen LogP contribution in [0, 0.1) is 0 Å². The number of rotatable bonds is 8. The van der Waals surface area contributed by atoms with E-state index in [9.17, 15) is 8.42 Å².